The second kappa shape index (κ2) is 10.7. The van der Waals surface area contributed by atoms with Crippen molar-refractivity contribution in [3.05, 3.63) is 59.4 Å². The molecule has 136 valence electrons. The van der Waals surface area contributed by atoms with E-state index >= 15 is 0 Å². The number of nitrogens with one attached hydrogen (secondary N) is 2. The summed E-state index contributed by atoms with van der Waals surface area (Å²) in [7, 11) is 1.61. The number of halogens is 1. The lowest BCUT2D eigenvalue weighted by Gasteiger charge is -2.13. The Bertz CT molecular complexity index is 635. The first-order chi connectivity index (χ1) is 12.2. The Morgan fingerprint density at radius 2 is 1.64 bits per heavy atom. The molecule has 25 heavy (non-hydrogen) atoms. The number of aliphatic hydroxyl groups excluding tert-OH is 1. The van der Waals surface area contributed by atoms with Gasteiger partial charge in [-0.05, 0) is 35.4 Å². The Kier molecular flexibility index (Phi) is 8.18. The zero-order valence-electron chi connectivity index (χ0n) is 14.4. The molecule has 0 saturated heterocycles. The molecular formula is C19H25FN2O3. The monoisotopic (exact) mass is 348 g/mol. The van der Waals surface area contributed by atoms with Crippen LogP contribution in [0.4, 0.5) is 4.39 Å². The quantitative estimate of drug-likeness (QED) is 0.543. The van der Waals surface area contributed by atoms with Gasteiger partial charge in [-0.15, -0.1) is 0 Å². The number of methoxy groups -OCH3 is 1. The summed E-state index contributed by atoms with van der Waals surface area (Å²) >= 11 is 0. The number of hydrogen-bond donors (Lipinski definition) is 3. The summed E-state index contributed by atoms with van der Waals surface area (Å²) in [6.07, 6.45) is 0. The van der Waals surface area contributed by atoms with Crippen molar-refractivity contribution in [2.24, 2.45) is 0 Å². The average molecular weight is 348 g/mol. The Morgan fingerprint density at radius 3 is 2.36 bits per heavy atom. The third-order valence-electron chi connectivity index (χ3n) is 3.63. The Hall–Kier alpha value is -2.15. The standard InChI is InChI=1S/C19H25FN2O3/c1-24-19-12-16(13-22-9-8-21-10-11-23)4-7-18(19)25-14-15-2-5-17(20)6-3-15/h2-7,12,21-23H,8-11,13-14H2,1H3. The summed E-state index contributed by atoms with van der Waals surface area (Å²) < 4.78 is 24.1. The van der Waals surface area contributed by atoms with Gasteiger partial charge in [-0.1, -0.05) is 18.2 Å². The van der Waals surface area contributed by atoms with Crippen LogP contribution in [0.1, 0.15) is 11.1 Å². The normalized spacial score (nSPS) is 10.7. The van der Waals surface area contributed by atoms with Crippen molar-refractivity contribution in [3.63, 3.8) is 0 Å². The van der Waals surface area contributed by atoms with Gasteiger partial charge >= 0.3 is 0 Å². The zero-order valence-corrected chi connectivity index (χ0v) is 14.4. The summed E-state index contributed by atoms with van der Waals surface area (Å²) in [5, 5.41) is 15.1. The van der Waals surface area contributed by atoms with Crippen molar-refractivity contribution < 1.29 is 19.0 Å². The molecule has 0 aliphatic rings. The molecule has 0 aliphatic heterocycles. The molecule has 0 fully saturated rings. The fourth-order valence-corrected chi connectivity index (χ4v) is 2.30. The van der Waals surface area contributed by atoms with Crippen molar-refractivity contribution in [2.45, 2.75) is 13.2 Å². The molecule has 2 aromatic carbocycles. The van der Waals surface area contributed by atoms with Gasteiger partial charge in [0.25, 0.3) is 0 Å². The predicted octanol–water partition coefficient (Wildman–Crippen LogP) is 2.08. The summed E-state index contributed by atoms with van der Waals surface area (Å²) in [6, 6.07) is 12.0. The van der Waals surface area contributed by atoms with Crippen LogP contribution < -0.4 is 20.1 Å². The molecule has 0 amide bonds. The summed E-state index contributed by atoms with van der Waals surface area (Å²) in [5.41, 5.74) is 1.98. The van der Waals surface area contributed by atoms with Gasteiger partial charge in [0, 0.05) is 26.2 Å². The number of rotatable bonds is 11. The van der Waals surface area contributed by atoms with Crippen LogP contribution in [0.5, 0.6) is 11.5 Å². The SMILES string of the molecule is COc1cc(CNCCNCCO)ccc1OCc1ccc(F)cc1. The van der Waals surface area contributed by atoms with Gasteiger partial charge in [-0.3, -0.25) is 0 Å². The van der Waals surface area contributed by atoms with Crippen LogP contribution >= 0.6 is 0 Å². The summed E-state index contributed by atoms with van der Waals surface area (Å²) in [5.74, 6) is 1.06. The van der Waals surface area contributed by atoms with E-state index in [0.29, 0.717) is 24.7 Å². The largest absolute Gasteiger partial charge is 0.493 e. The molecule has 0 saturated carbocycles. The van der Waals surface area contributed by atoms with E-state index in [2.05, 4.69) is 10.6 Å². The molecule has 0 bridgehead atoms. The van der Waals surface area contributed by atoms with Crippen molar-refractivity contribution >= 4 is 0 Å². The molecule has 0 spiro atoms. The number of hydrogen-bond acceptors (Lipinski definition) is 5. The lowest BCUT2D eigenvalue weighted by molar-refractivity contribution is 0.284. The van der Waals surface area contributed by atoms with E-state index in [1.807, 2.05) is 18.2 Å². The first-order valence-electron chi connectivity index (χ1n) is 8.29. The first-order valence-corrected chi connectivity index (χ1v) is 8.29. The number of benzene rings is 2. The van der Waals surface area contributed by atoms with Crippen molar-refractivity contribution in [2.75, 3.05) is 33.4 Å². The van der Waals surface area contributed by atoms with E-state index in [4.69, 9.17) is 14.6 Å². The van der Waals surface area contributed by atoms with Crippen molar-refractivity contribution in [1.82, 2.24) is 10.6 Å². The third kappa shape index (κ3) is 6.70. The van der Waals surface area contributed by atoms with Gasteiger partial charge in [0.2, 0.25) is 0 Å². The highest BCUT2D eigenvalue weighted by atomic mass is 19.1. The van der Waals surface area contributed by atoms with Gasteiger partial charge < -0.3 is 25.2 Å². The van der Waals surface area contributed by atoms with Gasteiger partial charge in [0.15, 0.2) is 11.5 Å². The van der Waals surface area contributed by atoms with E-state index in [9.17, 15) is 4.39 Å². The molecule has 2 aromatic rings. The lowest BCUT2D eigenvalue weighted by atomic mass is 10.2. The molecule has 0 aromatic heterocycles. The summed E-state index contributed by atoms with van der Waals surface area (Å²) in [6.45, 7) is 3.44. The van der Waals surface area contributed by atoms with E-state index in [-0.39, 0.29) is 12.4 Å². The van der Waals surface area contributed by atoms with Gasteiger partial charge in [0.1, 0.15) is 12.4 Å². The predicted molar refractivity (Wildman–Crippen MR) is 95.4 cm³/mol. The van der Waals surface area contributed by atoms with Crippen LogP contribution in [-0.4, -0.2) is 38.5 Å². The lowest BCUT2D eigenvalue weighted by Crippen LogP contribution is -2.28. The highest BCUT2D eigenvalue weighted by molar-refractivity contribution is 5.43. The maximum absolute atomic E-state index is 12.9. The molecule has 5 nitrogen and oxygen atoms in total. The Morgan fingerprint density at radius 1 is 0.920 bits per heavy atom. The maximum Gasteiger partial charge on any atom is 0.161 e. The van der Waals surface area contributed by atoms with Crippen LogP contribution in [0.3, 0.4) is 0 Å². The van der Waals surface area contributed by atoms with Crippen LogP contribution in [-0.2, 0) is 13.2 Å². The highest BCUT2D eigenvalue weighted by Gasteiger charge is 2.06. The molecule has 2 rings (SSSR count). The molecule has 6 heteroatoms. The van der Waals surface area contributed by atoms with E-state index in [1.165, 1.54) is 12.1 Å². The minimum atomic E-state index is -0.259. The van der Waals surface area contributed by atoms with Gasteiger partial charge in [0.05, 0.1) is 13.7 Å². The Balaban J connectivity index is 1.84. The van der Waals surface area contributed by atoms with Gasteiger partial charge in [-0.2, -0.15) is 0 Å². The average Bonchev–Trinajstić information content (AvgIpc) is 2.64. The van der Waals surface area contributed by atoms with E-state index in [1.54, 1.807) is 19.2 Å². The van der Waals surface area contributed by atoms with Gasteiger partial charge in [-0.25, -0.2) is 4.39 Å². The molecule has 0 atom stereocenters. The van der Waals surface area contributed by atoms with Crippen LogP contribution in [0, 0.1) is 5.82 Å². The second-order valence-corrected chi connectivity index (χ2v) is 5.55. The summed E-state index contributed by atoms with van der Waals surface area (Å²) in [4.78, 5) is 0. The fourth-order valence-electron chi connectivity index (χ4n) is 2.30. The number of aliphatic hydroxyl groups is 1. The number of ether oxygens (including phenoxy) is 2. The van der Waals surface area contributed by atoms with Crippen LogP contribution in [0.25, 0.3) is 0 Å². The molecule has 0 unspecified atom stereocenters. The first kappa shape index (κ1) is 19.2. The van der Waals surface area contributed by atoms with Crippen LogP contribution in [0.2, 0.25) is 0 Å². The fraction of sp³-hybridized carbons (Fsp3) is 0.368. The molecule has 0 aliphatic carbocycles. The minimum Gasteiger partial charge on any atom is -0.493 e. The topological polar surface area (TPSA) is 62.8 Å². The van der Waals surface area contributed by atoms with Crippen LogP contribution in [0.15, 0.2) is 42.5 Å². The maximum atomic E-state index is 12.9. The molecule has 0 heterocycles. The van der Waals surface area contributed by atoms with Crippen molar-refractivity contribution in [1.29, 1.82) is 0 Å². The molecular weight excluding hydrogens is 323 g/mol. The highest BCUT2D eigenvalue weighted by Crippen LogP contribution is 2.28. The van der Waals surface area contributed by atoms with E-state index in [0.717, 1.165) is 30.8 Å². The van der Waals surface area contributed by atoms with E-state index < -0.39 is 0 Å². The third-order valence-corrected chi connectivity index (χ3v) is 3.63. The molecule has 0 radical (unpaired) electrons. The smallest absolute Gasteiger partial charge is 0.161 e. The zero-order chi connectivity index (χ0) is 17.9. The Labute approximate surface area is 147 Å². The minimum absolute atomic E-state index is 0.149. The second-order valence-electron chi connectivity index (χ2n) is 5.55. The molecule has 3 N–H and O–H groups in total. The van der Waals surface area contributed by atoms with Crippen molar-refractivity contribution in [3.8, 4) is 11.5 Å².